The summed E-state index contributed by atoms with van der Waals surface area (Å²) in [7, 11) is 0. The van der Waals surface area contributed by atoms with E-state index in [9.17, 15) is 9.59 Å². The van der Waals surface area contributed by atoms with Crippen LogP contribution in [0, 0.1) is 0 Å². The summed E-state index contributed by atoms with van der Waals surface area (Å²) in [4.78, 5) is 25.1. The highest BCUT2D eigenvalue weighted by atomic mass is 16.6. The zero-order valence-electron chi connectivity index (χ0n) is 11.1. The number of cyclic esters (lactones) is 1. The molecule has 1 aliphatic heterocycles. The van der Waals surface area contributed by atoms with E-state index in [4.69, 9.17) is 4.74 Å². The maximum Gasteiger partial charge on any atom is 0.417 e. The van der Waals surface area contributed by atoms with Crippen LogP contribution in [-0.2, 0) is 9.53 Å². The number of carbonyl (C=O) groups excluding carboxylic acids is 2. The lowest BCUT2D eigenvalue weighted by molar-refractivity contribution is -0.124. The summed E-state index contributed by atoms with van der Waals surface area (Å²) in [6.45, 7) is 4.06. The number of rotatable bonds is 3. The molecular weight excluding hydrogens is 242 g/mol. The van der Waals surface area contributed by atoms with Crippen LogP contribution in [0.1, 0.15) is 31.9 Å². The topological polar surface area (TPSA) is 46.6 Å². The van der Waals surface area contributed by atoms with Crippen LogP contribution >= 0.6 is 0 Å². The van der Waals surface area contributed by atoms with Gasteiger partial charge in [0.1, 0.15) is 12.6 Å². The summed E-state index contributed by atoms with van der Waals surface area (Å²) in [5.41, 5.74) is 1.85. The fourth-order valence-corrected chi connectivity index (χ4v) is 1.97. The van der Waals surface area contributed by atoms with Crippen molar-refractivity contribution in [2.75, 3.05) is 6.61 Å². The van der Waals surface area contributed by atoms with E-state index in [1.165, 1.54) is 11.0 Å². The van der Waals surface area contributed by atoms with E-state index < -0.39 is 6.09 Å². The van der Waals surface area contributed by atoms with E-state index in [1.54, 1.807) is 0 Å². The van der Waals surface area contributed by atoms with Crippen molar-refractivity contribution < 1.29 is 14.3 Å². The predicted molar refractivity (Wildman–Crippen MR) is 71.4 cm³/mol. The molecule has 0 saturated carbocycles. The van der Waals surface area contributed by atoms with Crippen LogP contribution in [0.2, 0.25) is 0 Å². The van der Waals surface area contributed by atoms with Gasteiger partial charge in [-0.2, -0.15) is 0 Å². The Balaban J connectivity index is 2.26. The molecule has 2 rings (SSSR count). The number of ether oxygens (including phenoxy) is 1. The van der Waals surface area contributed by atoms with Gasteiger partial charge in [0.05, 0.1) is 0 Å². The van der Waals surface area contributed by atoms with Crippen LogP contribution in [0.4, 0.5) is 4.79 Å². The van der Waals surface area contributed by atoms with E-state index in [1.807, 2.05) is 44.2 Å². The van der Waals surface area contributed by atoms with E-state index in [0.717, 1.165) is 17.6 Å². The molecule has 0 aromatic heterocycles. The zero-order chi connectivity index (χ0) is 13.8. The summed E-state index contributed by atoms with van der Waals surface area (Å²) in [5.74, 6) is -0.310. The molecule has 19 heavy (non-hydrogen) atoms. The lowest BCUT2D eigenvalue weighted by Crippen LogP contribution is -2.33. The Morgan fingerprint density at radius 3 is 2.74 bits per heavy atom. The zero-order valence-corrected chi connectivity index (χ0v) is 11.1. The van der Waals surface area contributed by atoms with Crippen LogP contribution in [0.25, 0.3) is 0 Å². The first-order valence-corrected chi connectivity index (χ1v) is 6.35. The molecule has 0 radical (unpaired) electrons. The molecule has 2 amide bonds. The van der Waals surface area contributed by atoms with Crippen molar-refractivity contribution in [2.45, 2.75) is 26.3 Å². The third-order valence-electron chi connectivity index (χ3n) is 3.22. The Bertz CT molecular complexity index is 507. The van der Waals surface area contributed by atoms with Gasteiger partial charge in [0.25, 0.3) is 5.91 Å². The highest BCUT2D eigenvalue weighted by molar-refractivity contribution is 6.00. The predicted octanol–water partition coefficient (Wildman–Crippen LogP) is 3.06. The van der Waals surface area contributed by atoms with Crippen molar-refractivity contribution in [2.24, 2.45) is 0 Å². The number of imide groups is 1. The molecule has 0 bridgehead atoms. The van der Waals surface area contributed by atoms with Crippen LogP contribution in [0.5, 0.6) is 0 Å². The molecule has 1 atom stereocenters. The molecule has 4 heteroatoms. The van der Waals surface area contributed by atoms with Gasteiger partial charge in [-0.3, -0.25) is 4.79 Å². The van der Waals surface area contributed by atoms with Crippen LogP contribution in [0.15, 0.2) is 42.0 Å². The lowest BCUT2D eigenvalue weighted by Gasteiger charge is -2.18. The Morgan fingerprint density at radius 2 is 2.11 bits per heavy atom. The molecule has 4 nitrogen and oxygen atoms in total. The highest BCUT2D eigenvalue weighted by Gasteiger charge is 2.37. The molecule has 1 fully saturated rings. The molecular formula is C15H17NO3. The summed E-state index contributed by atoms with van der Waals surface area (Å²) in [6.07, 6.45) is 1.71. The molecule has 0 spiro atoms. The molecule has 100 valence electrons. The Kier molecular flexibility index (Phi) is 4.00. The van der Waals surface area contributed by atoms with Gasteiger partial charge in [0.15, 0.2) is 0 Å². The van der Waals surface area contributed by atoms with Gasteiger partial charge in [0, 0.05) is 6.08 Å². The number of nitrogens with zero attached hydrogens (tertiary/aromatic N) is 1. The highest BCUT2D eigenvalue weighted by Crippen LogP contribution is 2.28. The van der Waals surface area contributed by atoms with Crippen molar-refractivity contribution in [3.05, 3.63) is 47.5 Å². The number of carbonyl (C=O) groups is 2. The molecule has 0 aliphatic carbocycles. The van der Waals surface area contributed by atoms with Crippen molar-refractivity contribution in [3.63, 3.8) is 0 Å². The fourth-order valence-electron chi connectivity index (χ4n) is 1.97. The van der Waals surface area contributed by atoms with Gasteiger partial charge in [-0.05, 0) is 18.9 Å². The SMILES string of the molecule is CC/C(C)=C/C(=O)N1C(=O)OCC1c1ccccc1. The maximum atomic E-state index is 12.2. The number of hydrogen-bond donors (Lipinski definition) is 0. The first-order chi connectivity index (χ1) is 9.13. The largest absolute Gasteiger partial charge is 0.446 e. The molecule has 1 aromatic rings. The minimum atomic E-state index is -0.570. The molecule has 0 N–H and O–H groups in total. The van der Waals surface area contributed by atoms with Crippen molar-refractivity contribution in [1.82, 2.24) is 4.90 Å². The number of amides is 2. The summed E-state index contributed by atoms with van der Waals surface area (Å²) in [5, 5.41) is 0. The standard InChI is InChI=1S/C15H17NO3/c1-3-11(2)9-14(17)16-13(10-19-15(16)18)12-7-5-4-6-8-12/h4-9,13H,3,10H2,1-2H3/b11-9+. The molecule has 1 heterocycles. The summed E-state index contributed by atoms with van der Waals surface area (Å²) < 4.78 is 5.01. The molecule has 1 saturated heterocycles. The minimum absolute atomic E-state index is 0.216. The second-order valence-corrected chi connectivity index (χ2v) is 4.56. The first kappa shape index (κ1) is 13.3. The first-order valence-electron chi connectivity index (χ1n) is 6.35. The molecule has 1 aromatic carbocycles. The van der Waals surface area contributed by atoms with Crippen LogP contribution < -0.4 is 0 Å². The number of allylic oxidation sites excluding steroid dienone is 1. The number of hydrogen-bond acceptors (Lipinski definition) is 3. The van der Waals surface area contributed by atoms with Gasteiger partial charge in [-0.25, -0.2) is 9.69 Å². The fraction of sp³-hybridized carbons (Fsp3) is 0.333. The monoisotopic (exact) mass is 259 g/mol. The third kappa shape index (κ3) is 2.84. The Morgan fingerprint density at radius 1 is 1.42 bits per heavy atom. The summed E-state index contributed by atoms with van der Waals surface area (Å²) in [6, 6.07) is 9.12. The second kappa shape index (κ2) is 5.69. The van der Waals surface area contributed by atoms with Crippen molar-refractivity contribution in [1.29, 1.82) is 0 Å². The van der Waals surface area contributed by atoms with E-state index in [0.29, 0.717) is 0 Å². The maximum absolute atomic E-state index is 12.2. The van der Waals surface area contributed by atoms with Gasteiger partial charge in [-0.1, -0.05) is 42.8 Å². The van der Waals surface area contributed by atoms with Gasteiger partial charge in [0.2, 0.25) is 0 Å². The molecule has 1 aliphatic rings. The van der Waals surface area contributed by atoms with Gasteiger partial charge >= 0.3 is 6.09 Å². The van der Waals surface area contributed by atoms with Crippen LogP contribution in [-0.4, -0.2) is 23.5 Å². The normalized spacial score (nSPS) is 19.5. The van der Waals surface area contributed by atoms with E-state index in [-0.39, 0.29) is 18.6 Å². The van der Waals surface area contributed by atoms with Crippen molar-refractivity contribution >= 4 is 12.0 Å². The van der Waals surface area contributed by atoms with Crippen molar-refractivity contribution in [3.8, 4) is 0 Å². The van der Waals surface area contributed by atoms with Gasteiger partial charge in [-0.15, -0.1) is 0 Å². The summed E-state index contributed by atoms with van der Waals surface area (Å²) >= 11 is 0. The average molecular weight is 259 g/mol. The lowest BCUT2D eigenvalue weighted by atomic mass is 10.1. The quantitative estimate of drug-likeness (QED) is 0.784. The Hall–Kier alpha value is -2.10. The number of benzene rings is 1. The minimum Gasteiger partial charge on any atom is -0.446 e. The Labute approximate surface area is 112 Å². The van der Waals surface area contributed by atoms with Gasteiger partial charge < -0.3 is 4.74 Å². The smallest absolute Gasteiger partial charge is 0.417 e. The van der Waals surface area contributed by atoms with Crippen LogP contribution in [0.3, 0.4) is 0 Å². The average Bonchev–Trinajstić information content (AvgIpc) is 2.81. The van der Waals surface area contributed by atoms with E-state index in [2.05, 4.69) is 0 Å². The third-order valence-corrected chi connectivity index (χ3v) is 3.22. The molecule has 1 unspecified atom stereocenters. The second-order valence-electron chi connectivity index (χ2n) is 4.56. The van der Waals surface area contributed by atoms with E-state index >= 15 is 0 Å².